The maximum Gasteiger partial charge on any atom is 0.188 e. The van der Waals surface area contributed by atoms with Gasteiger partial charge in [0, 0.05) is 5.56 Å². The topological polar surface area (TPSA) is 43.1 Å². The van der Waals surface area contributed by atoms with Crippen LogP contribution in [0.1, 0.15) is 17.3 Å². The highest BCUT2D eigenvalue weighted by atomic mass is 35.5. The van der Waals surface area contributed by atoms with E-state index >= 15 is 0 Å². The zero-order valence-corrected chi connectivity index (χ0v) is 8.06. The molecule has 0 aliphatic rings. The number of ketones is 1. The molecule has 0 bridgehead atoms. The second-order valence-corrected chi connectivity index (χ2v) is 3.25. The van der Waals surface area contributed by atoms with Crippen molar-refractivity contribution in [3.63, 3.8) is 0 Å². The van der Waals surface area contributed by atoms with Crippen LogP contribution in [0.4, 0.5) is 5.69 Å². The number of carbonyl (C=O) groups is 1. The van der Waals surface area contributed by atoms with Crippen molar-refractivity contribution in [1.29, 1.82) is 0 Å². The van der Waals surface area contributed by atoms with Gasteiger partial charge in [-0.2, -0.15) is 0 Å². The van der Waals surface area contributed by atoms with Gasteiger partial charge in [-0.15, -0.1) is 0 Å². The molecule has 0 spiro atoms. The Bertz CT molecular complexity index is 371. The van der Waals surface area contributed by atoms with E-state index in [1.807, 2.05) is 0 Å². The summed E-state index contributed by atoms with van der Waals surface area (Å²) in [4.78, 5) is 11.4. The van der Waals surface area contributed by atoms with E-state index in [1.165, 1.54) is 0 Å². The molecule has 2 nitrogen and oxygen atoms in total. The average molecular weight is 196 g/mol. The van der Waals surface area contributed by atoms with Crippen molar-refractivity contribution >= 4 is 23.1 Å². The maximum absolute atomic E-state index is 11.4. The van der Waals surface area contributed by atoms with Gasteiger partial charge in [0.1, 0.15) is 0 Å². The number of carbonyl (C=O) groups excluding carboxylic acids is 1. The van der Waals surface area contributed by atoms with Gasteiger partial charge in [-0.05, 0) is 30.7 Å². The van der Waals surface area contributed by atoms with Crippen LogP contribution in [-0.4, -0.2) is 5.78 Å². The molecule has 0 aliphatic heterocycles. The Kier molecular flexibility index (Phi) is 2.73. The first-order chi connectivity index (χ1) is 6.02. The molecule has 0 heterocycles. The number of hydrogen-bond acceptors (Lipinski definition) is 2. The Morgan fingerprint density at radius 3 is 2.62 bits per heavy atom. The summed E-state index contributed by atoms with van der Waals surface area (Å²) in [6.45, 7) is 5.22. The van der Waals surface area contributed by atoms with Crippen LogP contribution in [0.3, 0.4) is 0 Å². The first-order valence-corrected chi connectivity index (χ1v) is 4.15. The molecular formula is C10H10ClNO. The number of halogens is 1. The number of nitrogen functional groups attached to an aromatic ring is 1. The minimum Gasteiger partial charge on any atom is -0.398 e. The molecule has 3 heteroatoms. The quantitative estimate of drug-likeness (QED) is 0.448. The van der Waals surface area contributed by atoms with Crippen molar-refractivity contribution < 1.29 is 4.79 Å². The van der Waals surface area contributed by atoms with Crippen molar-refractivity contribution in [2.24, 2.45) is 0 Å². The van der Waals surface area contributed by atoms with Gasteiger partial charge in [0.25, 0.3) is 0 Å². The predicted octanol–water partition coefficient (Wildman–Crippen LogP) is 2.68. The van der Waals surface area contributed by atoms with Gasteiger partial charge in [0.15, 0.2) is 5.78 Å². The van der Waals surface area contributed by atoms with Gasteiger partial charge in [-0.25, -0.2) is 0 Å². The zero-order chi connectivity index (χ0) is 10.0. The third kappa shape index (κ3) is 2.10. The lowest BCUT2D eigenvalue weighted by Gasteiger charge is -2.02. The minimum atomic E-state index is -0.108. The van der Waals surface area contributed by atoms with Crippen LogP contribution in [0.25, 0.3) is 0 Å². The van der Waals surface area contributed by atoms with Crippen molar-refractivity contribution in [3.8, 4) is 0 Å². The standard InChI is InChI=1S/C10H10ClNO/c1-6(2)10(13)7-3-4-8(11)9(12)5-7/h3-5H,1,12H2,2H3. The average Bonchev–Trinajstić information content (AvgIpc) is 2.08. The summed E-state index contributed by atoms with van der Waals surface area (Å²) in [7, 11) is 0. The monoisotopic (exact) mass is 195 g/mol. The number of allylic oxidation sites excluding steroid dienone is 1. The molecule has 0 aromatic heterocycles. The smallest absolute Gasteiger partial charge is 0.188 e. The Hall–Kier alpha value is -1.28. The second-order valence-electron chi connectivity index (χ2n) is 2.85. The van der Waals surface area contributed by atoms with Crippen LogP contribution < -0.4 is 5.73 Å². The third-order valence-corrected chi connectivity index (χ3v) is 1.99. The molecule has 0 saturated carbocycles. The molecule has 0 amide bonds. The largest absolute Gasteiger partial charge is 0.398 e. The molecule has 1 aromatic rings. The van der Waals surface area contributed by atoms with E-state index in [4.69, 9.17) is 17.3 Å². The Labute approximate surface area is 82.0 Å². The number of anilines is 1. The van der Waals surface area contributed by atoms with Crippen LogP contribution >= 0.6 is 11.6 Å². The fourth-order valence-corrected chi connectivity index (χ4v) is 1.05. The van der Waals surface area contributed by atoms with Crippen molar-refractivity contribution in [2.45, 2.75) is 6.92 Å². The van der Waals surface area contributed by atoms with Gasteiger partial charge in [0.05, 0.1) is 10.7 Å². The normalized spacial score (nSPS) is 9.69. The summed E-state index contributed by atoms with van der Waals surface area (Å²) < 4.78 is 0. The molecule has 0 radical (unpaired) electrons. The SMILES string of the molecule is C=C(C)C(=O)c1ccc(Cl)c(N)c1. The lowest BCUT2D eigenvalue weighted by molar-refractivity contribution is 0.103. The van der Waals surface area contributed by atoms with E-state index in [0.29, 0.717) is 21.8 Å². The van der Waals surface area contributed by atoms with Crippen LogP contribution in [0, 0.1) is 0 Å². The Morgan fingerprint density at radius 2 is 2.15 bits per heavy atom. The first kappa shape index (κ1) is 9.81. The highest BCUT2D eigenvalue weighted by Gasteiger charge is 2.07. The van der Waals surface area contributed by atoms with Crippen LogP contribution in [0.2, 0.25) is 5.02 Å². The summed E-state index contributed by atoms with van der Waals surface area (Å²) in [5, 5.41) is 0.457. The van der Waals surface area contributed by atoms with Gasteiger partial charge in [-0.3, -0.25) is 4.79 Å². The van der Waals surface area contributed by atoms with Gasteiger partial charge < -0.3 is 5.73 Å². The van der Waals surface area contributed by atoms with Crippen molar-refractivity contribution in [1.82, 2.24) is 0 Å². The molecule has 0 atom stereocenters. The molecule has 13 heavy (non-hydrogen) atoms. The van der Waals surface area contributed by atoms with Gasteiger partial charge in [-0.1, -0.05) is 18.2 Å². The van der Waals surface area contributed by atoms with Gasteiger partial charge >= 0.3 is 0 Å². The molecular weight excluding hydrogens is 186 g/mol. The van der Waals surface area contributed by atoms with Crippen LogP contribution in [0.15, 0.2) is 30.4 Å². The van der Waals surface area contributed by atoms with E-state index in [1.54, 1.807) is 25.1 Å². The molecule has 1 rings (SSSR count). The molecule has 0 unspecified atom stereocenters. The molecule has 1 aromatic carbocycles. The van der Waals surface area contributed by atoms with Crippen LogP contribution in [0.5, 0.6) is 0 Å². The Balaban J connectivity index is 3.11. The molecule has 0 aliphatic carbocycles. The minimum absolute atomic E-state index is 0.108. The van der Waals surface area contributed by atoms with Crippen LogP contribution in [-0.2, 0) is 0 Å². The van der Waals surface area contributed by atoms with Crippen molar-refractivity contribution in [3.05, 3.63) is 40.9 Å². The number of hydrogen-bond donors (Lipinski definition) is 1. The Morgan fingerprint density at radius 1 is 1.54 bits per heavy atom. The van der Waals surface area contributed by atoms with E-state index < -0.39 is 0 Å². The van der Waals surface area contributed by atoms with E-state index in [-0.39, 0.29) is 5.78 Å². The number of nitrogens with two attached hydrogens (primary N) is 1. The molecule has 68 valence electrons. The van der Waals surface area contributed by atoms with E-state index in [2.05, 4.69) is 6.58 Å². The molecule has 0 saturated heterocycles. The van der Waals surface area contributed by atoms with E-state index in [0.717, 1.165) is 0 Å². The summed E-state index contributed by atoms with van der Waals surface area (Å²) in [6.07, 6.45) is 0. The second kappa shape index (κ2) is 3.62. The predicted molar refractivity (Wildman–Crippen MR) is 55.0 cm³/mol. The lowest BCUT2D eigenvalue weighted by atomic mass is 10.1. The third-order valence-electron chi connectivity index (χ3n) is 1.65. The van der Waals surface area contributed by atoms with E-state index in [9.17, 15) is 4.79 Å². The summed E-state index contributed by atoms with van der Waals surface area (Å²) >= 11 is 5.71. The number of rotatable bonds is 2. The highest BCUT2D eigenvalue weighted by Crippen LogP contribution is 2.20. The highest BCUT2D eigenvalue weighted by molar-refractivity contribution is 6.33. The summed E-state index contributed by atoms with van der Waals surface area (Å²) in [5.41, 5.74) is 6.97. The zero-order valence-electron chi connectivity index (χ0n) is 7.30. The van der Waals surface area contributed by atoms with Gasteiger partial charge in [0.2, 0.25) is 0 Å². The fraction of sp³-hybridized carbons (Fsp3) is 0.100. The number of Topliss-reactive ketones (excluding diaryl/α,β-unsaturated/α-hetero) is 1. The van der Waals surface area contributed by atoms with Crippen molar-refractivity contribution in [2.75, 3.05) is 5.73 Å². The fourth-order valence-electron chi connectivity index (χ4n) is 0.931. The first-order valence-electron chi connectivity index (χ1n) is 3.77. The maximum atomic E-state index is 11.4. The lowest BCUT2D eigenvalue weighted by Crippen LogP contribution is -2.00. The molecule has 2 N–H and O–H groups in total. The number of benzene rings is 1. The summed E-state index contributed by atoms with van der Waals surface area (Å²) in [6, 6.07) is 4.79. The summed E-state index contributed by atoms with van der Waals surface area (Å²) in [5.74, 6) is -0.108. The molecule has 0 fully saturated rings.